The van der Waals surface area contributed by atoms with Crippen molar-refractivity contribution in [3.63, 3.8) is 0 Å². The summed E-state index contributed by atoms with van der Waals surface area (Å²) in [6.07, 6.45) is 0. The third kappa shape index (κ3) is 4.45. The molecule has 1 amide bonds. The molecule has 6 heteroatoms. The number of rotatable bonds is 4. The van der Waals surface area contributed by atoms with Gasteiger partial charge in [-0.25, -0.2) is 0 Å². The summed E-state index contributed by atoms with van der Waals surface area (Å²) >= 11 is 9.23. The number of nitrogens with one attached hydrogen (secondary N) is 1. The Morgan fingerprint density at radius 2 is 2.05 bits per heavy atom. The largest absolute Gasteiger partial charge is 0.351 e. The lowest BCUT2D eigenvalue weighted by Crippen LogP contribution is -2.46. The number of hydrogen-bond acceptors (Lipinski definition) is 3. The van der Waals surface area contributed by atoms with E-state index >= 15 is 0 Å². The first kappa shape index (κ1) is 15.8. The van der Waals surface area contributed by atoms with Crippen LogP contribution < -0.4 is 5.32 Å². The molecule has 1 saturated heterocycles. The number of piperazine rings is 1. The molecule has 20 heavy (non-hydrogen) atoms. The van der Waals surface area contributed by atoms with Gasteiger partial charge in [0.2, 0.25) is 0 Å². The fourth-order valence-electron chi connectivity index (χ4n) is 2.17. The fourth-order valence-corrected chi connectivity index (χ4v) is 3.03. The summed E-state index contributed by atoms with van der Waals surface area (Å²) in [5.74, 6) is -0.0670. The Morgan fingerprint density at radius 1 is 1.35 bits per heavy atom. The first-order chi connectivity index (χ1) is 9.56. The highest BCUT2D eigenvalue weighted by Crippen LogP contribution is 2.21. The molecule has 1 fully saturated rings. The summed E-state index contributed by atoms with van der Waals surface area (Å²) in [6.45, 7) is 5.88. The van der Waals surface area contributed by atoms with Crippen LogP contribution in [-0.4, -0.2) is 62.0 Å². The molecule has 1 aromatic carbocycles. The lowest BCUT2D eigenvalue weighted by Gasteiger charge is -2.32. The summed E-state index contributed by atoms with van der Waals surface area (Å²) in [7, 11) is 2.14. The molecule has 4 nitrogen and oxygen atoms in total. The van der Waals surface area contributed by atoms with Crippen molar-refractivity contribution >= 4 is 33.4 Å². The standard InChI is InChI=1S/C14H19BrClN3O/c1-18-6-8-19(9-7-18)5-4-17-14(20)12-3-2-11(16)10-13(12)15/h2-3,10H,4-9H2,1H3,(H,17,20). The van der Waals surface area contributed by atoms with E-state index < -0.39 is 0 Å². The predicted octanol–water partition coefficient (Wildman–Crippen LogP) is 2.08. The van der Waals surface area contributed by atoms with Gasteiger partial charge in [0.1, 0.15) is 0 Å². The van der Waals surface area contributed by atoms with E-state index in [2.05, 4.69) is 38.1 Å². The SMILES string of the molecule is CN1CCN(CCNC(=O)c2ccc(Cl)cc2Br)CC1. The van der Waals surface area contributed by atoms with Crippen molar-refractivity contribution in [1.82, 2.24) is 15.1 Å². The maximum Gasteiger partial charge on any atom is 0.252 e. The van der Waals surface area contributed by atoms with Gasteiger partial charge < -0.3 is 10.2 Å². The molecule has 1 aliphatic rings. The van der Waals surface area contributed by atoms with Crippen LogP contribution in [0.5, 0.6) is 0 Å². The molecule has 0 bridgehead atoms. The van der Waals surface area contributed by atoms with E-state index in [-0.39, 0.29) is 5.91 Å². The number of likely N-dealkylation sites (N-methyl/N-ethyl adjacent to an activating group) is 1. The van der Waals surface area contributed by atoms with Gasteiger partial charge in [-0.3, -0.25) is 9.69 Å². The molecule has 2 rings (SSSR count). The number of benzene rings is 1. The monoisotopic (exact) mass is 359 g/mol. The number of hydrogen-bond donors (Lipinski definition) is 1. The van der Waals surface area contributed by atoms with Crippen molar-refractivity contribution < 1.29 is 4.79 Å². The van der Waals surface area contributed by atoms with Crippen molar-refractivity contribution in [1.29, 1.82) is 0 Å². The van der Waals surface area contributed by atoms with Gasteiger partial charge in [0.15, 0.2) is 0 Å². The highest BCUT2D eigenvalue weighted by atomic mass is 79.9. The highest BCUT2D eigenvalue weighted by Gasteiger charge is 2.14. The molecule has 1 N–H and O–H groups in total. The second-order valence-corrected chi connectivity index (χ2v) is 6.32. The molecule has 110 valence electrons. The minimum absolute atomic E-state index is 0.0670. The topological polar surface area (TPSA) is 35.6 Å². The summed E-state index contributed by atoms with van der Waals surface area (Å²) in [5, 5.41) is 3.57. The van der Waals surface area contributed by atoms with Crippen LogP contribution in [0.25, 0.3) is 0 Å². The van der Waals surface area contributed by atoms with Crippen LogP contribution in [0.2, 0.25) is 5.02 Å². The molecule has 0 radical (unpaired) electrons. The number of carbonyl (C=O) groups is 1. The molecule has 0 unspecified atom stereocenters. The zero-order chi connectivity index (χ0) is 14.5. The van der Waals surface area contributed by atoms with Gasteiger partial charge in [-0.15, -0.1) is 0 Å². The van der Waals surface area contributed by atoms with Gasteiger partial charge >= 0.3 is 0 Å². The van der Waals surface area contributed by atoms with Crippen LogP contribution in [0.3, 0.4) is 0 Å². The molecule has 1 aromatic rings. The number of amides is 1. The zero-order valence-electron chi connectivity index (χ0n) is 11.5. The van der Waals surface area contributed by atoms with Crippen LogP contribution in [0, 0.1) is 0 Å². The second kappa shape index (κ2) is 7.41. The summed E-state index contributed by atoms with van der Waals surface area (Å²) in [6, 6.07) is 5.19. The van der Waals surface area contributed by atoms with E-state index in [4.69, 9.17) is 11.6 Å². The van der Waals surface area contributed by atoms with Crippen LogP contribution in [-0.2, 0) is 0 Å². The minimum Gasteiger partial charge on any atom is -0.351 e. The van der Waals surface area contributed by atoms with Gasteiger partial charge in [-0.1, -0.05) is 11.6 Å². The maximum atomic E-state index is 12.1. The number of nitrogens with zero attached hydrogens (tertiary/aromatic N) is 2. The minimum atomic E-state index is -0.0670. The maximum absolute atomic E-state index is 12.1. The molecule has 0 aliphatic carbocycles. The summed E-state index contributed by atoms with van der Waals surface area (Å²) in [4.78, 5) is 16.8. The van der Waals surface area contributed by atoms with E-state index in [0.29, 0.717) is 17.1 Å². The molecular formula is C14H19BrClN3O. The van der Waals surface area contributed by atoms with Gasteiger partial charge in [0.25, 0.3) is 5.91 Å². The van der Waals surface area contributed by atoms with Crippen LogP contribution >= 0.6 is 27.5 Å². The smallest absolute Gasteiger partial charge is 0.252 e. The van der Waals surface area contributed by atoms with Crippen molar-refractivity contribution in [2.75, 3.05) is 46.3 Å². The molecule has 1 aliphatic heterocycles. The van der Waals surface area contributed by atoms with E-state index in [1.54, 1.807) is 18.2 Å². The Morgan fingerprint density at radius 3 is 2.70 bits per heavy atom. The third-order valence-electron chi connectivity index (χ3n) is 3.49. The Balaban J connectivity index is 1.77. The van der Waals surface area contributed by atoms with Crippen molar-refractivity contribution in [2.24, 2.45) is 0 Å². The molecule has 0 atom stereocenters. The lowest BCUT2D eigenvalue weighted by atomic mass is 10.2. The first-order valence-corrected chi connectivity index (χ1v) is 7.87. The predicted molar refractivity (Wildman–Crippen MR) is 85.4 cm³/mol. The van der Waals surface area contributed by atoms with Crippen molar-refractivity contribution in [3.8, 4) is 0 Å². The molecule has 1 heterocycles. The highest BCUT2D eigenvalue weighted by molar-refractivity contribution is 9.10. The quantitative estimate of drug-likeness (QED) is 0.893. The van der Waals surface area contributed by atoms with Gasteiger partial charge in [0, 0.05) is 48.8 Å². The average Bonchev–Trinajstić information content (AvgIpc) is 2.41. The zero-order valence-corrected chi connectivity index (χ0v) is 13.9. The number of carbonyl (C=O) groups excluding carboxylic acids is 1. The molecular weight excluding hydrogens is 342 g/mol. The first-order valence-electron chi connectivity index (χ1n) is 6.70. The van der Waals surface area contributed by atoms with E-state index in [1.165, 1.54) is 0 Å². The third-order valence-corrected chi connectivity index (χ3v) is 4.38. The number of halogens is 2. The molecule has 0 saturated carbocycles. The van der Waals surface area contributed by atoms with Gasteiger partial charge in [-0.2, -0.15) is 0 Å². The Labute approximate surface area is 133 Å². The second-order valence-electron chi connectivity index (χ2n) is 5.02. The average molecular weight is 361 g/mol. The fraction of sp³-hybridized carbons (Fsp3) is 0.500. The van der Waals surface area contributed by atoms with E-state index in [1.807, 2.05) is 0 Å². The molecule has 0 aromatic heterocycles. The Kier molecular flexibility index (Phi) is 5.84. The van der Waals surface area contributed by atoms with E-state index in [0.717, 1.165) is 37.2 Å². The van der Waals surface area contributed by atoms with Crippen molar-refractivity contribution in [3.05, 3.63) is 33.3 Å². The molecule has 0 spiro atoms. The summed E-state index contributed by atoms with van der Waals surface area (Å²) < 4.78 is 0.724. The van der Waals surface area contributed by atoms with Crippen LogP contribution in [0.1, 0.15) is 10.4 Å². The Hall–Kier alpha value is -0.620. The van der Waals surface area contributed by atoms with Crippen molar-refractivity contribution in [2.45, 2.75) is 0 Å². The summed E-state index contributed by atoms with van der Waals surface area (Å²) in [5.41, 5.74) is 0.618. The van der Waals surface area contributed by atoms with Crippen LogP contribution in [0.4, 0.5) is 0 Å². The van der Waals surface area contributed by atoms with Gasteiger partial charge in [-0.05, 0) is 41.2 Å². The Bertz CT molecular complexity index is 475. The van der Waals surface area contributed by atoms with Crippen LogP contribution in [0.15, 0.2) is 22.7 Å². The van der Waals surface area contributed by atoms with Gasteiger partial charge in [0.05, 0.1) is 5.56 Å². The normalized spacial score (nSPS) is 17.1. The van der Waals surface area contributed by atoms with E-state index in [9.17, 15) is 4.79 Å². The lowest BCUT2D eigenvalue weighted by molar-refractivity contribution is 0.0940.